The zero-order chi connectivity index (χ0) is 17.6. The topological polar surface area (TPSA) is 74.2 Å². The van der Waals surface area contributed by atoms with Crippen LogP contribution in [0.25, 0.3) is 0 Å². The summed E-state index contributed by atoms with van der Waals surface area (Å²) in [4.78, 5) is 29.5. The van der Waals surface area contributed by atoms with Crippen molar-refractivity contribution < 1.29 is 4.79 Å². The number of amides is 1. The van der Waals surface area contributed by atoms with Gasteiger partial charge in [-0.05, 0) is 25.5 Å². The molecule has 0 spiro atoms. The van der Waals surface area contributed by atoms with Gasteiger partial charge in [0.15, 0.2) is 0 Å². The quantitative estimate of drug-likeness (QED) is 0.893. The molecule has 2 aromatic rings. The number of anilines is 2. The minimum atomic E-state index is -0.148. The van der Waals surface area contributed by atoms with Crippen molar-refractivity contribution in [3.05, 3.63) is 42.5 Å². The molecule has 0 aromatic carbocycles. The van der Waals surface area contributed by atoms with Crippen molar-refractivity contribution in [2.24, 2.45) is 0 Å². The Morgan fingerprint density at radius 1 is 1.12 bits per heavy atom. The zero-order valence-electron chi connectivity index (χ0n) is 14.7. The highest BCUT2D eigenvalue weighted by molar-refractivity contribution is 5.93. The lowest BCUT2D eigenvalue weighted by Gasteiger charge is -2.36. The van der Waals surface area contributed by atoms with Crippen molar-refractivity contribution in [2.75, 3.05) is 36.0 Å². The van der Waals surface area contributed by atoms with Crippen molar-refractivity contribution in [1.29, 1.82) is 0 Å². The first-order valence-corrected chi connectivity index (χ1v) is 8.71. The van der Waals surface area contributed by atoms with E-state index in [4.69, 9.17) is 0 Å². The van der Waals surface area contributed by atoms with Gasteiger partial charge in [0.25, 0.3) is 5.91 Å². The summed E-state index contributed by atoms with van der Waals surface area (Å²) in [7, 11) is 0. The van der Waals surface area contributed by atoms with Crippen molar-refractivity contribution in [3.63, 3.8) is 0 Å². The summed E-state index contributed by atoms with van der Waals surface area (Å²) in [6.07, 6.45) is 4.17. The van der Waals surface area contributed by atoms with Crippen molar-refractivity contribution in [2.45, 2.75) is 26.3 Å². The first-order chi connectivity index (χ1) is 12.2. The van der Waals surface area contributed by atoms with Crippen LogP contribution in [0.3, 0.4) is 0 Å². The molecule has 1 unspecified atom stereocenters. The maximum atomic E-state index is 12.2. The fourth-order valence-corrected chi connectivity index (χ4v) is 2.75. The summed E-state index contributed by atoms with van der Waals surface area (Å²) in [5.41, 5.74) is 0.414. The van der Waals surface area contributed by atoms with Gasteiger partial charge in [-0.2, -0.15) is 0 Å². The smallest absolute Gasteiger partial charge is 0.270 e. The summed E-state index contributed by atoms with van der Waals surface area (Å²) in [6, 6.07) is 7.85. The molecule has 132 valence electrons. The molecule has 2 aromatic heterocycles. The predicted octanol–water partition coefficient (Wildman–Crippen LogP) is 1.73. The molecule has 1 fully saturated rings. The van der Waals surface area contributed by atoms with E-state index in [1.165, 1.54) is 6.33 Å². The van der Waals surface area contributed by atoms with Crippen LogP contribution in [-0.2, 0) is 0 Å². The van der Waals surface area contributed by atoms with Gasteiger partial charge < -0.3 is 15.1 Å². The average Bonchev–Trinajstić information content (AvgIpc) is 2.68. The van der Waals surface area contributed by atoms with Gasteiger partial charge in [0.1, 0.15) is 23.7 Å². The van der Waals surface area contributed by atoms with Crippen LogP contribution in [-0.4, -0.2) is 53.1 Å². The highest BCUT2D eigenvalue weighted by atomic mass is 16.1. The number of rotatable bonds is 5. The maximum absolute atomic E-state index is 12.2. The number of nitrogens with zero attached hydrogens (tertiary/aromatic N) is 5. The van der Waals surface area contributed by atoms with Gasteiger partial charge in [-0.3, -0.25) is 4.79 Å². The second-order valence-corrected chi connectivity index (χ2v) is 6.21. The van der Waals surface area contributed by atoms with Gasteiger partial charge in [-0.1, -0.05) is 13.0 Å². The predicted molar refractivity (Wildman–Crippen MR) is 97.9 cm³/mol. The first-order valence-electron chi connectivity index (χ1n) is 8.71. The summed E-state index contributed by atoms with van der Waals surface area (Å²) >= 11 is 0. The van der Waals surface area contributed by atoms with E-state index >= 15 is 0 Å². The molecule has 0 aliphatic carbocycles. The Morgan fingerprint density at radius 3 is 2.48 bits per heavy atom. The molecular formula is C18H24N6O. The lowest BCUT2D eigenvalue weighted by Crippen LogP contribution is -2.47. The minimum Gasteiger partial charge on any atom is -0.353 e. The van der Waals surface area contributed by atoms with E-state index in [2.05, 4.69) is 30.1 Å². The Kier molecular flexibility index (Phi) is 5.42. The Morgan fingerprint density at radius 2 is 1.84 bits per heavy atom. The zero-order valence-corrected chi connectivity index (χ0v) is 14.7. The second kappa shape index (κ2) is 7.92. The summed E-state index contributed by atoms with van der Waals surface area (Å²) < 4.78 is 0. The third-order valence-electron chi connectivity index (χ3n) is 4.45. The van der Waals surface area contributed by atoms with E-state index in [1.807, 2.05) is 38.2 Å². The third kappa shape index (κ3) is 4.23. The fourth-order valence-electron chi connectivity index (χ4n) is 2.75. The largest absolute Gasteiger partial charge is 0.353 e. The molecule has 0 bridgehead atoms. The molecular weight excluding hydrogens is 316 g/mol. The summed E-state index contributed by atoms with van der Waals surface area (Å²) in [6.45, 7) is 7.43. The molecule has 0 saturated carbocycles. The van der Waals surface area contributed by atoms with Crippen molar-refractivity contribution >= 4 is 17.5 Å². The number of carbonyl (C=O) groups is 1. The Bertz CT molecular complexity index is 700. The average molecular weight is 340 g/mol. The van der Waals surface area contributed by atoms with Crippen LogP contribution in [0.4, 0.5) is 11.6 Å². The number of carbonyl (C=O) groups excluding carboxylic acids is 1. The number of aromatic nitrogens is 3. The molecule has 1 amide bonds. The molecule has 1 aliphatic heterocycles. The molecule has 7 nitrogen and oxygen atoms in total. The van der Waals surface area contributed by atoms with Gasteiger partial charge in [0.05, 0.1) is 0 Å². The molecule has 3 rings (SSSR count). The van der Waals surface area contributed by atoms with E-state index in [0.717, 1.165) is 44.2 Å². The molecule has 0 radical (unpaired) electrons. The monoisotopic (exact) mass is 340 g/mol. The molecule has 25 heavy (non-hydrogen) atoms. The highest BCUT2D eigenvalue weighted by Gasteiger charge is 2.20. The Balaban J connectivity index is 1.64. The van der Waals surface area contributed by atoms with Gasteiger partial charge in [0, 0.05) is 44.5 Å². The summed E-state index contributed by atoms with van der Waals surface area (Å²) in [5.74, 6) is 1.65. The Hall–Kier alpha value is -2.70. The molecule has 1 aliphatic rings. The van der Waals surface area contributed by atoms with Crippen LogP contribution in [0.2, 0.25) is 0 Å². The maximum Gasteiger partial charge on any atom is 0.270 e. The van der Waals surface area contributed by atoms with Crippen LogP contribution in [0.1, 0.15) is 30.8 Å². The number of pyridine rings is 1. The van der Waals surface area contributed by atoms with E-state index in [-0.39, 0.29) is 11.9 Å². The van der Waals surface area contributed by atoms with E-state index in [9.17, 15) is 4.79 Å². The standard InChI is InChI=1S/C18H24N6O/c1-3-14(2)22-18(25)15-12-17(21-13-20-15)24-10-8-23(9-11-24)16-6-4-5-7-19-16/h4-7,12-14H,3,8-11H2,1-2H3,(H,22,25). The van der Waals surface area contributed by atoms with Gasteiger partial charge in [0.2, 0.25) is 0 Å². The van der Waals surface area contributed by atoms with Crippen LogP contribution in [0.15, 0.2) is 36.8 Å². The second-order valence-electron chi connectivity index (χ2n) is 6.21. The molecule has 3 heterocycles. The van der Waals surface area contributed by atoms with Crippen LogP contribution in [0, 0.1) is 0 Å². The summed E-state index contributed by atoms with van der Waals surface area (Å²) in [5, 5.41) is 2.94. The van der Waals surface area contributed by atoms with Gasteiger partial charge in [-0.15, -0.1) is 0 Å². The molecule has 1 atom stereocenters. The molecule has 1 N–H and O–H groups in total. The Labute approximate surface area is 148 Å². The number of piperazine rings is 1. The van der Waals surface area contributed by atoms with Crippen molar-refractivity contribution in [3.8, 4) is 0 Å². The number of hydrogen-bond donors (Lipinski definition) is 1. The van der Waals surface area contributed by atoms with E-state index < -0.39 is 0 Å². The van der Waals surface area contributed by atoms with Crippen molar-refractivity contribution in [1.82, 2.24) is 20.3 Å². The van der Waals surface area contributed by atoms with E-state index in [0.29, 0.717) is 5.69 Å². The van der Waals surface area contributed by atoms with Crippen LogP contribution < -0.4 is 15.1 Å². The fraction of sp³-hybridized carbons (Fsp3) is 0.444. The lowest BCUT2D eigenvalue weighted by molar-refractivity contribution is 0.0934. The SMILES string of the molecule is CCC(C)NC(=O)c1cc(N2CCN(c3ccccn3)CC2)ncn1. The van der Waals surface area contributed by atoms with E-state index in [1.54, 1.807) is 6.07 Å². The number of hydrogen-bond acceptors (Lipinski definition) is 6. The van der Waals surface area contributed by atoms with Crippen LogP contribution in [0.5, 0.6) is 0 Å². The third-order valence-corrected chi connectivity index (χ3v) is 4.45. The van der Waals surface area contributed by atoms with Gasteiger partial charge in [-0.25, -0.2) is 15.0 Å². The number of nitrogens with one attached hydrogen (secondary N) is 1. The normalized spacial score (nSPS) is 15.8. The van der Waals surface area contributed by atoms with Crippen LogP contribution >= 0.6 is 0 Å². The molecule has 1 saturated heterocycles. The lowest BCUT2D eigenvalue weighted by atomic mass is 10.2. The highest BCUT2D eigenvalue weighted by Crippen LogP contribution is 2.17. The first kappa shape index (κ1) is 17.1. The molecule has 7 heteroatoms. The van der Waals surface area contributed by atoms with Gasteiger partial charge >= 0.3 is 0 Å². The minimum absolute atomic E-state index is 0.132.